The second-order valence-electron chi connectivity index (χ2n) is 5.84. The monoisotopic (exact) mass is 365 g/mol. The van der Waals surface area contributed by atoms with Crippen molar-refractivity contribution in [3.05, 3.63) is 35.2 Å². The molecule has 8 nitrogen and oxygen atoms in total. The smallest absolute Gasteiger partial charge is 0.322 e. The molecule has 25 heavy (non-hydrogen) atoms. The van der Waals surface area contributed by atoms with E-state index in [-0.39, 0.29) is 18.7 Å². The lowest BCUT2D eigenvalue weighted by Gasteiger charge is -2.28. The number of ether oxygens (including phenoxy) is 1. The highest BCUT2D eigenvalue weighted by atomic mass is 35.5. The van der Waals surface area contributed by atoms with E-state index in [9.17, 15) is 4.79 Å². The topological polar surface area (TPSA) is 93.4 Å². The number of urea groups is 1. The Bertz CT molecular complexity index is 723. The van der Waals surface area contributed by atoms with Crippen LogP contribution in [0.25, 0.3) is 0 Å². The lowest BCUT2D eigenvalue weighted by atomic mass is 10.1. The van der Waals surface area contributed by atoms with E-state index in [0.29, 0.717) is 29.1 Å². The maximum absolute atomic E-state index is 12.8. The summed E-state index contributed by atoms with van der Waals surface area (Å²) in [4.78, 5) is 22.8. The molecule has 0 aromatic carbocycles. The van der Waals surface area contributed by atoms with Crippen molar-refractivity contribution in [3.63, 3.8) is 0 Å². The molecule has 9 heteroatoms. The first-order chi connectivity index (χ1) is 12.2. The van der Waals surface area contributed by atoms with E-state index in [4.69, 9.17) is 20.9 Å². The number of amides is 2. The average molecular weight is 366 g/mol. The fourth-order valence-corrected chi connectivity index (χ4v) is 3.05. The van der Waals surface area contributed by atoms with Gasteiger partial charge in [-0.05, 0) is 25.0 Å². The van der Waals surface area contributed by atoms with Crippen LogP contribution in [0.2, 0.25) is 5.15 Å². The van der Waals surface area contributed by atoms with E-state index in [1.807, 2.05) is 0 Å². The number of hydrogen-bond donors (Lipinski definition) is 1. The van der Waals surface area contributed by atoms with E-state index in [1.54, 1.807) is 30.3 Å². The summed E-state index contributed by atoms with van der Waals surface area (Å²) in [5.41, 5.74) is 0.598. The maximum Gasteiger partial charge on any atom is 0.322 e. The molecule has 0 saturated carbocycles. The van der Waals surface area contributed by atoms with Crippen molar-refractivity contribution in [3.8, 4) is 0 Å². The van der Waals surface area contributed by atoms with Crippen molar-refractivity contribution in [2.45, 2.75) is 38.3 Å². The van der Waals surface area contributed by atoms with Crippen LogP contribution in [0.15, 0.2) is 22.9 Å². The van der Waals surface area contributed by atoms with Crippen molar-refractivity contribution >= 4 is 23.3 Å². The third kappa shape index (κ3) is 4.46. The zero-order chi connectivity index (χ0) is 17.6. The predicted molar refractivity (Wildman–Crippen MR) is 91.2 cm³/mol. The first-order valence-corrected chi connectivity index (χ1v) is 8.56. The van der Waals surface area contributed by atoms with E-state index in [2.05, 4.69) is 20.4 Å². The molecule has 2 amide bonds. The lowest BCUT2D eigenvalue weighted by molar-refractivity contribution is 0.151. The number of hydrogen-bond acceptors (Lipinski definition) is 6. The second kappa shape index (κ2) is 8.26. The average Bonchev–Trinajstić information content (AvgIpc) is 2.90. The lowest BCUT2D eigenvalue weighted by Crippen LogP contribution is -2.38. The van der Waals surface area contributed by atoms with Gasteiger partial charge in [-0.15, -0.1) is 0 Å². The SMILES string of the molecule is COCc1nc(C2CCCCCN2C(=O)Nc2ccnc(Cl)c2)no1. The first kappa shape index (κ1) is 17.6. The van der Waals surface area contributed by atoms with Crippen LogP contribution in [-0.4, -0.2) is 39.7 Å². The molecule has 1 unspecified atom stereocenters. The van der Waals surface area contributed by atoms with Crippen LogP contribution >= 0.6 is 11.6 Å². The van der Waals surface area contributed by atoms with Gasteiger partial charge in [-0.1, -0.05) is 29.6 Å². The van der Waals surface area contributed by atoms with Crippen molar-refractivity contribution < 1.29 is 14.1 Å². The molecule has 0 radical (unpaired) electrons. The number of likely N-dealkylation sites (tertiary alicyclic amines) is 1. The van der Waals surface area contributed by atoms with Crippen LogP contribution in [-0.2, 0) is 11.3 Å². The van der Waals surface area contributed by atoms with Gasteiger partial charge >= 0.3 is 6.03 Å². The van der Waals surface area contributed by atoms with Gasteiger partial charge in [0.1, 0.15) is 11.8 Å². The Morgan fingerprint density at radius 1 is 1.48 bits per heavy atom. The third-order valence-electron chi connectivity index (χ3n) is 4.04. The molecular weight excluding hydrogens is 346 g/mol. The molecule has 2 aromatic rings. The number of pyridine rings is 1. The molecule has 2 aromatic heterocycles. The minimum Gasteiger partial charge on any atom is -0.375 e. The van der Waals surface area contributed by atoms with Crippen LogP contribution < -0.4 is 5.32 Å². The summed E-state index contributed by atoms with van der Waals surface area (Å²) in [5, 5.41) is 7.23. The van der Waals surface area contributed by atoms with Gasteiger partial charge in [-0.2, -0.15) is 4.98 Å². The molecule has 3 heterocycles. The zero-order valence-corrected chi connectivity index (χ0v) is 14.7. The van der Waals surface area contributed by atoms with Crippen molar-refractivity contribution in [2.24, 2.45) is 0 Å². The number of nitrogens with zero attached hydrogens (tertiary/aromatic N) is 4. The van der Waals surface area contributed by atoms with Gasteiger partial charge in [0.15, 0.2) is 5.82 Å². The van der Waals surface area contributed by atoms with Crippen LogP contribution in [0.5, 0.6) is 0 Å². The number of nitrogens with one attached hydrogen (secondary N) is 1. The Kier molecular flexibility index (Phi) is 5.83. The molecule has 0 aliphatic carbocycles. The molecule has 0 bridgehead atoms. The Balaban J connectivity index is 1.78. The van der Waals surface area contributed by atoms with Crippen molar-refractivity contribution in [1.82, 2.24) is 20.0 Å². The number of aromatic nitrogens is 3. The Hall–Kier alpha value is -2.19. The van der Waals surface area contributed by atoms with Gasteiger partial charge in [0.2, 0.25) is 0 Å². The first-order valence-electron chi connectivity index (χ1n) is 8.18. The summed E-state index contributed by atoms with van der Waals surface area (Å²) in [7, 11) is 1.56. The summed E-state index contributed by atoms with van der Waals surface area (Å²) in [5.74, 6) is 0.917. The van der Waals surface area contributed by atoms with Crippen LogP contribution in [0, 0.1) is 0 Å². The molecule has 1 atom stereocenters. The van der Waals surface area contributed by atoms with Gasteiger partial charge in [0, 0.05) is 25.5 Å². The quantitative estimate of drug-likeness (QED) is 0.834. The van der Waals surface area contributed by atoms with Gasteiger partial charge in [-0.25, -0.2) is 9.78 Å². The number of carbonyl (C=O) groups is 1. The molecule has 1 aliphatic heterocycles. The van der Waals surface area contributed by atoms with Crippen molar-refractivity contribution in [1.29, 1.82) is 0 Å². The summed E-state index contributed by atoms with van der Waals surface area (Å²) in [6.45, 7) is 0.880. The zero-order valence-electron chi connectivity index (χ0n) is 13.9. The molecular formula is C16H20ClN5O3. The highest BCUT2D eigenvalue weighted by molar-refractivity contribution is 6.29. The van der Waals surface area contributed by atoms with Gasteiger partial charge in [0.25, 0.3) is 5.89 Å². The molecule has 1 fully saturated rings. The highest BCUT2D eigenvalue weighted by Crippen LogP contribution is 2.29. The Morgan fingerprint density at radius 3 is 3.16 bits per heavy atom. The van der Waals surface area contributed by atoms with Crippen molar-refractivity contribution in [2.75, 3.05) is 19.0 Å². The van der Waals surface area contributed by atoms with Crippen LogP contribution in [0.1, 0.15) is 43.4 Å². The number of halogens is 1. The minimum absolute atomic E-state index is 0.216. The van der Waals surface area contributed by atoms with E-state index < -0.39 is 0 Å². The molecule has 134 valence electrons. The fraction of sp³-hybridized carbons (Fsp3) is 0.500. The molecule has 1 aliphatic rings. The summed E-state index contributed by atoms with van der Waals surface area (Å²) >= 11 is 5.88. The molecule has 1 N–H and O–H groups in total. The molecule has 3 rings (SSSR count). The maximum atomic E-state index is 12.8. The second-order valence-corrected chi connectivity index (χ2v) is 6.22. The van der Waals surface area contributed by atoms with Gasteiger partial charge < -0.3 is 19.5 Å². The summed E-state index contributed by atoms with van der Waals surface area (Å²) < 4.78 is 10.2. The largest absolute Gasteiger partial charge is 0.375 e. The Morgan fingerprint density at radius 2 is 2.36 bits per heavy atom. The fourth-order valence-electron chi connectivity index (χ4n) is 2.88. The molecule has 0 spiro atoms. The normalized spacial score (nSPS) is 18.0. The highest BCUT2D eigenvalue weighted by Gasteiger charge is 2.30. The summed E-state index contributed by atoms with van der Waals surface area (Å²) in [6, 6.07) is 2.86. The number of rotatable bonds is 4. The number of methoxy groups -OCH3 is 1. The summed E-state index contributed by atoms with van der Waals surface area (Å²) in [6.07, 6.45) is 5.34. The van der Waals surface area contributed by atoms with E-state index in [0.717, 1.165) is 25.7 Å². The standard InChI is InChI=1S/C16H20ClN5O3/c1-24-10-14-20-15(21-25-14)12-5-3-2-4-8-22(12)16(23)19-11-6-7-18-13(17)9-11/h6-7,9,12H,2-5,8,10H2,1H3,(H,18,19,23). The Labute approximate surface area is 150 Å². The molecule has 1 saturated heterocycles. The minimum atomic E-state index is -0.228. The van der Waals surface area contributed by atoms with E-state index in [1.165, 1.54) is 0 Å². The van der Waals surface area contributed by atoms with Gasteiger partial charge in [-0.3, -0.25) is 0 Å². The third-order valence-corrected chi connectivity index (χ3v) is 4.25. The van der Waals surface area contributed by atoms with Gasteiger partial charge in [0.05, 0.1) is 6.04 Å². The van der Waals surface area contributed by atoms with Crippen LogP contribution in [0.4, 0.5) is 10.5 Å². The number of carbonyl (C=O) groups excluding carboxylic acids is 1. The van der Waals surface area contributed by atoms with Crippen LogP contribution in [0.3, 0.4) is 0 Å². The number of anilines is 1. The van der Waals surface area contributed by atoms with E-state index >= 15 is 0 Å². The predicted octanol–water partition coefficient (Wildman–Crippen LogP) is 3.41.